The van der Waals surface area contributed by atoms with Gasteiger partial charge in [0.15, 0.2) is 0 Å². The number of para-hydroxylation sites is 1. The highest BCUT2D eigenvalue weighted by molar-refractivity contribution is 5.37. The van der Waals surface area contributed by atoms with Gasteiger partial charge in [-0.05, 0) is 19.5 Å². The molecule has 4 N–H and O–H groups in total. The minimum atomic E-state index is 0.219. The smallest absolute Gasteiger partial charge is 0.123 e. The molecule has 0 saturated carbocycles. The quantitative estimate of drug-likeness (QED) is 0.707. The van der Waals surface area contributed by atoms with Crippen molar-refractivity contribution in [2.24, 2.45) is 11.7 Å². The minimum Gasteiger partial charge on any atom is -0.496 e. The molecule has 0 spiro atoms. The Hall–Kier alpha value is -1.10. The van der Waals surface area contributed by atoms with Crippen molar-refractivity contribution in [1.29, 1.82) is 0 Å². The van der Waals surface area contributed by atoms with Crippen molar-refractivity contribution >= 4 is 0 Å². The SMILES string of the molecule is COc1ccccc1C1NNC(C)C1CN. The normalized spacial score (nSPS) is 29.3. The van der Waals surface area contributed by atoms with Crippen molar-refractivity contribution in [2.45, 2.75) is 19.0 Å². The van der Waals surface area contributed by atoms with E-state index in [0.29, 0.717) is 18.5 Å². The van der Waals surface area contributed by atoms with Gasteiger partial charge in [0, 0.05) is 17.5 Å². The molecule has 88 valence electrons. The van der Waals surface area contributed by atoms with Gasteiger partial charge < -0.3 is 10.5 Å². The fourth-order valence-corrected chi connectivity index (χ4v) is 2.30. The summed E-state index contributed by atoms with van der Waals surface area (Å²) in [5.74, 6) is 1.30. The molecule has 3 unspecified atom stereocenters. The van der Waals surface area contributed by atoms with Gasteiger partial charge in [-0.2, -0.15) is 0 Å². The topological polar surface area (TPSA) is 59.3 Å². The van der Waals surface area contributed by atoms with Gasteiger partial charge in [-0.25, -0.2) is 5.43 Å². The summed E-state index contributed by atoms with van der Waals surface area (Å²) in [4.78, 5) is 0. The highest BCUT2D eigenvalue weighted by atomic mass is 16.5. The second-order valence-electron chi connectivity index (χ2n) is 4.20. The third kappa shape index (κ3) is 1.91. The zero-order valence-electron chi connectivity index (χ0n) is 9.73. The Bertz CT molecular complexity index is 356. The molecule has 0 bridgehead atoms. The molecule has 1 aromatic carbocycles. The second-order valence-corrected chi connectivity index (χ2v) is 4.20. The molecule has 1 fully saturated rings. The molecule has 1 heterocycles. The average Bonchev–Trinajstić information content (AvgIpc) is 2.70. The molecule has 0 aliphatic carbocycles. The molecule has 0 radical (unpaired) electrons. The minimum absolute atomic E-state index is 0.219. The maximum atomic E-state index is 5.82. The molecule has 2 rings (SSSR count). The summed E-state index contributed by atoms with van der Waals surface area (Å²) in [7, 11) is 1.70. The van der Waals surface area contributed by atoms with Gasteiger partial charge in [0.05, 0.1) is 13.2 Å². The molecule has 0 aromatic heterocycles. The molecule has 3 atom stereocenters. The van der Waals surface area contributed by atoms with Crippen LogP contribution in [0.25, 0.3) is 0 Å². The van der Waals surface area contributed by atoms with Crippen molar-refractivity contribution in [3.05, 3.63) is 29.8 Å². The van der Waals surface area contributed by atoms with Gasteiger partial charge >= 0.3 is 0 Å². The highest BCUT2D eigenvalue weighted by Gasteiger charge is 2.34. The van der Waals surface area contributed by atoms with Crippen LogP contribution in [-0.4, -0.2) is 19.7 Å². The monoisotopic (exact) mass is 221 g/mol. The lowest BCUT2D eigenvalue weighted by atomic mass is 9.90. The van der Waals surface area contributed by atoms with E-state index in [-0.39, 0.29) is 6.04 Å². The van der Waals surface area contributed by atoms with E-state index in [1.165, 1.54) is 0 Å². The van der Waals surface area contributed by atoms with Gasteiger partial charge in [0.25, 0.3) is 0 Å². The fraction of sp³-hybridized carbons (Fsp3) is 0.500. The number of rotatable bonds is 3. The first-order valence-electron chi connectivity index (χ1n) is 5.62. The third-order valence-electron chi connectivity index (χ3n) is 3.28. The molecule has 1 saturated heterocycles. The summed E-state index contributed by atoms with van der Waals surface area (Å²) >= 11 is 0. The Balaban J connectivity index is 2.29. The van der Waals surface area contributed by atoms with Gasteiger partial charge in [0.2, 0.25) is 0 Å². The van der Waals surface area contributed by atoms with E-state index in [9.17, 15) is 0 Å². The maximum absolute atomic E-state index is 5.82. The van der Waals surface area contributed by atoms with E-state index in [1.54, 1.807) is 7.11 Å². The number of hydrogen-bond acceptors (Lipinski definition) is 4. The molecular formula is C12H19N3O. The van der Waals surface area contributed by atoms with Crippen molar-refractivity contribution in [2.75, 3.05) is 13.7 Å². The summed E-state index contributed by atoms with van der Waals surface area (Å²) in [5, 5.41) is 0. The molecule has 0 amide bonds. The van der Waals surface area contributed by atoms with E-state index in [2.05, 4.69) is 23.8 Å². The van der Waals surface area contributed by atoms with Crippen LogP contribution in [-0.2, 0) is 0 Å². The van der Waals surface area contributed by atoms with E-state index >= 15 is 0 Å². The van der Waals surface area contributed by atoms with Crippen molar-refractivity contribution in [1.82, 2.24) is 10.9 Å². The predicted octanol–water partition coefficient (Wildman–Crippen LogP) is 0.808. The largest absolute Gasteiger partial charge is 0.496 e. The van der Waals surface area contributed by atoms with E-state index in [4.69, 9.17) is 10.5 Å². The highest BCUT2D eigenvalue weighted by Crippen LogP contribution is 2.33. The lowest BCUT2D eigenvalue weighted by Crippen LogP contribution is -2.30. The van der Waals surface area contributed by atoms with Crippen LogP contribution in [0.15, 0.2) is 24.3 Å². The first-order valence-corrected chi connectivity index (χ1v) is 5.62. The predicted molar refractivity (Wildman–Crippen MR) is 64.0 cm³/mol. The average molecular weight is 221 g/mol. The standard InChI is InChI=1S/C12H19N3O/c1-8-10(7-13)12(15-14-8)9-5-3-4-6-11(9)16-2/h3-6,8,10,12,14-15H,7,13H2,1-2H3. The summed E-state index contributed by atoms with van der Waals surface area (Å²) in [6, 6.07) is 8.66. The Morgan fingerprint density at radius 3 is 2.75 bits per heavy atom. The number of ether oxygens (including phenoxy) is 1. The van der Waals surface area contributed by atoms with Gasteiger partial charge in [0.1, 0.15) is 5.75 Å². The van der Waals surface area contributed by atoms with Crippen LogP contribution in [0.4, 0.5) is 0 Å². The van der Waals surface area contributed by atoms with E-state index < -0.39 is 0 Å². The number of hydrazine groups is 1. The zero-order valence-corrected chi connectivity index (χ0v) is 9.73. The van der Waals surface area contributed by atoms with E-state index in [1.807, 2.05) is 18.2 Å². The Morgan fingerprint density at radius 1 is 1.31 bits per heavy atom. The summed E-state index contributed by atoms with van der Waals surface area (Å²) in [6.07, 6.45) is 0. The van der Waals surface area contributed by atoms with Crippen molar-refractivity contribution in [3.63, 3.8) is 0 Å². The summed E-state index contributed by atoms with van der Waals surface area (Å²) in [5.41, 5.74) is 13.5. The summed E-state index contributed by atoms with van der Waals surface area (Å²) in [6.45, 7) is 2.80. The molecule has 1 aliphatic rings. The lowest BCUT2D eigenvalue weighted by molar-refractivity contribution is 0.386. The van der Waals surface area contributed by atoms with Crippen LogP contribution < -0.4 is 21.3 Å². The molecule has 1 aromatic rings. The zero-order chi connectivity index (χ0) is 11.5. The molecule has 4 heteroatoms. The number of nitrogens with two attached hydrogens (primary N) is 1. The van der Waals surface area contributed by atoms with Crippen LogP contribution in [0.5, 0.6) is 5.75 Å². The van der Waals surface area contributed by atoms with Crippen LogP contribution in [0, 0.1) is 5.92 Å². The first kappa shape index (κ1) is 11.4. The molecule has 4 nitrogen and oxygen atoms in total. The van der Waals surface area contributed by atoms with Crippen molar-refractivity contribution in [3.8, 4) is 5.75 Å². The fourth-order valence-electron chi connectivity index (χ4n) is 2.30. The van der Waals surface area contributed by atoms with Gasteiger partial charge in [-0.1, -0.05) is 18.2 Å². The van der Waals surface area contributed by atoms with Crippen molar-refractivity contribution < 1.29 is 4.74 Å². The molecule has 16 heavy (non-hydrogen) atoms. The van der Waals surface area contributed by atoms with Crippen LogP contribution in [0.2, 0.25) is 0 Å². The van der Waals surface area contributed by atoms with Gasteiger partial charge in [-0.3, -0.25) is 5.43 Å². The Morgan fingerprint density at radius 2 is 2.06 bits per heavy atom. The number of methoxy groups -OCH3 is 1. The molecule has 1 aliphatic heterocycles. The third-order valence-corrected chi connectivity index (χ3v) is 3.28. The van der Waals surface area contributed by atoms with Gasteiger partial charge in [-0.15, -0.1) is 0 Å². The summed E-state index contributed by atoms with van der Waals surface area (Å²) < 4.78 is 5.38. The molecular weight excluding hydrogens is 202 g/mol. The van der Waals surface area contributed by atoms with Crippen LogP contribution in [0.1, 0.15) is 18.5 Å². The number of nitrogens with one attached hydrogen (secondary N) is 2. The Labute approximate surface area is 96.1 Å². The van der Waals surface area contributed by atoms with Crippen LogP contribution >= 0.6 is 0 Å². The van der Waals surface area contributed by atoms with E-state index in [0.717, 1.165) is 11.3 Å². The maximum Gasteiger partial charge on any atom is 0.123 e. The van der Waals surface area contributed by atoms with Crippen LogP contribution in [0.3, 0.4) is 0 Å². The Kier molecular flexibility index (Phi) is 3.43. The second kappa shape index (κ2) is 4.82. The number of benzene rings is 1. The first-order chi connectivity index (χ1) is 7.77. The lowest BCUT2D eigenvalue weighted by Gasteiger charge is -2.21. The number of hydrogen-bond donors (Lipinski definition) is 3.